The number of carbonyl (C=O) groups is 1. The number of likely N-dealkylation sites (tertiary alicyclic amines) is 1. The van der Waals surface area contributed by atoms with E-state index in [1.165, 1.54) is 12.8 Å². The molecule has 0 spiro atoms. The Bertz CT molecular complexity index is 268. The van der Waals surface area contributed by atoms with Crippen molar-refractivity contribution >= 4 is 5.97 Å². The van der Waals surface area contributed by atoms with E-state index < -0.39 is 5.97 Å². The predicted molar refractivity (Wildman–Crippen MR) is 70.1 cm³/mol. The van der Waals surface area contributed by atoms with Crippen LogP contribution in [0.1, 0.15) is 53.9 Å². The van der Waals surface area contributed by atoms with Crippen molar-refractivity contribution in [3.8, 4) is 0 Å². The Kier molecular flexibility index (Phi) is 4.23. The topological polar surface area (TPSA) is 40.5 Å². The molecule has 1 fully saturated rings. The van der Waals surface area contributed by atoms with Gasteiger partial charge in [0.2, 0.25) is 0 Å². The molecule has 0 radical (unpaired) electrons. The summed E-state index contributed by atoms with van der Waals surface area (Å²) in [5, 5.41) is 9.03. The van der Waals surface area contributed by atoms with Crippen LogP contribution in [0.3, 0.4) is 0 Å². The molecular weight excluding hydrogens is 214 g/mol. The van der Waals surface area contributed by atoms with Crippen LogP contribution in [0.5, 0.6) is 0 Å². The van der Waals surface area contributed by atoms with Crippen LogP contribution in [0.15, 0.2) is 0 Å². The second-order valence-electron chi connectivity index (χ2n) is 6.59. The van der Waals surface area contributed by atoms with Crippen LogP contribution in [0.2, 0.25) is 0 Å². The Morgan fingerprint density at radius 2 is 1.76 bits per heavy atom. The highest BCUT2D eigenvalue weighted by Gasteiger charge is 2.46. The van der Waals surface area contributed by atoms with Crippen LogP contribution < -0.4 is 0 Å². The third-order valence-electron chi connectivity index (χ3n) is 4.39. The number of hydrogen-bond acceptors (Lipinski definition) is 2. The number of aliphatic carboxylic acids is 1. The second-order valence-corrected chi connectivity index (χ2v) is 6.59. The minimum absolute atomic E-state index is 0.0338. The minimum Gasteiger partial charge on any atom is -0.481 e. The Morgan fingerprint density at radius 1 is 1.29 bits per heavy atom. The summed E-state index contributed by atoms with van der Waals surface area (Å²) in [5.41, 5.74) is 0.480. The summed E-state index contributed by atoms with van der Waals surface area (Å²) in [5.74, 6) is -0.685. The van der Waals surface area contributed by atoms with E-state index in [4.69, 9.17) is 5.11 Å². The lowest BCUT2D eigenvalue weighted by Gasteiger charge is -2.55. The average Bonchev–Trinajstić information content (AvgIpc) is 2.14. The molecular formula is C14H27NO2. The largest absolute Gasteiger partial charge is 0.481 e. The molecule has 0 aromatic carbocycles. The third kappa shape index (κ3) is 3.21. The smallest absolute Gasteiger partial charge is 0.304 e. The average molecular weight is 241 g/mol. The number of carboxylic acids is 1. The van der Waals surface area contributed by atoms with E-state index in [0.717, 1.165) is 13.1 Å². The lowest BCUT2D eigenvalue weighted by molar-refractivity contribution is -0.143. The Morgan fingerprint density at radius 3 is 2.06 bits per heavy atom. The zero-order valence-electron chi connectivity index (χ0n) is 11.9. The predicted octanol–water partition coefficient (Wildman–Crippen LogP) is 3.00. The van der Waals surface area contributed by atoms with Crippen molar-refractivity contribution in [3.63, 3.8) is 0 Å². The molecule has 17 heavy (non-hydrogen) atoms. The zero-order valence-corrected chi connectivity index (χ0v) is 11.9. The van der Waals surface area contributed by atoms with Gasteiger partial charge >= 0.3 is 5.97 Å². The first kappa shape index (κ1) is 14.5. The number of nitrogens with zero attached hydrogens (tertiary/aromatic N) is 1. The summed E-state index contributed by atoms with van der Waals surface area (Å²) >= 11 is 0. The van der Waals surface area contributed by atoms with Crippen LogP contribution in [0.25, 0.3) is 0 Å². The highest BCUT2D eigenvalue weighted by molar-refractivity contribution is 5.67. The summed E-state index contributed by atoms with van der Waals surface area (Å²) in [4.78, 5) is 13.3. The van der Waals surface area contributed by atoms with E-state index in [-0.39, 0.29) is 17.9 Å². The van der Waals surface area contributed by atoms with Gasteiger partial charge < -0.3 is 5.11 Å². The van der Waals surface area contributed by atoms with Crippen molar-refractivity contribution in [2.24, 2.45) is 10.8 Å². The van der Waals surface area contributed by atoms with Gasteiger partial charge in [0.15, 0.2) is 0 Å². The Labute approximate surface area is 105 Å². The van der Waals surface area contributed by atoms with Crippen LogP contribution in [-0.4, -0.2) is 35.1 Å². The molecule has 1 atom stereocenters. The molecule has 1 heterocycles. The maximum Gasteiger partial charge on any atom is 0.304 e. The summed E-state index contributed by atoms with van der Waals surface area (Å²) in [6.07, 6.45) is 2.65. The van der Waals surface area contributed by atoms with Crippen LogP contribution in [-0.2, 0) is 4.79 Å². The molecule has 0 bridgehead atoms. The van der Waals surface area contributed by atoms with E-state index in [9.17, 15) is 4.79 Å². The van der Waals surface area contributed by atoms with Crippen molar-refractivity contribution < 1.29 is 9.90 Å². The van der Waals surface area contributed by atoms with Crippen molar-refractivity contribution in [2.75, 3.05) is 13.1 Å². The normalized spacial score (nSPS) is 21.9. The highest BCUT2D eigenvalue weighted by Crippen LogP contribution is 2.42. The maximum atomic E-state index is 11.0. The number of carboxylic acid groups (broad SMARTS) is 1. The summed E-state index contributed by atoms with van der Waals surface area (Å²) < 4.78 is 0. The fourth-order valence-electron chi connectivity index (χ4n) is 2.88. The van der Waals surface area contributed by atoms with Crippen molar-refractivity contribution in [1.82, 2.24) is 4.90 Å². The first-order valence-electron chi connectivity index (χ1n) is 6.70. The SMILES string of the molecule is CCC1(CC)CN(C(CC(=O)O)C(C)(C)C)C1. The second kappa shape index (κ2) is 4.97. The highest BCUT2D eigenvalue weighted by atomic mass is 16.4. The number of hydrogen-bond donors (Lipinski definition) is 1. The summed E-state index contributed by atoms with van der Waals surface area (Å²) in [7, 11) is 0. The Balaban J connectivity index is 2.67. The molecule has 0 aliphatic carbocycles. The Hall–Kier alpha value is -0.570. The van der Waals surface area contributed by atoms with Crippen molar-refractivity contribution in [1.29, 1.82) is 0 Å². The molecule has 1 aliphatic heterocycles. The van der Waals surface area contributed by atoms with E-state index in [2.05, 4.69) is 39.5 Å². The molecule has 0 saturated carbocycles. The van der Waals surface area contributed by atoms with Gasteiger partial charge in [-0.05, 0) is 23.7 Å². The molecule has 1 saturated heterocycles. The maximum absolute atomic E-state index is 11.0. The van der Waals surface area contributed by atoms with E-state index in [0.29, 0.717) is 5.41 Å². The molecule has 0 amide bonds. The fraction of sp³-hybridized carbons (Fsp3) is 0.929. The van der Waals surface area contributed by atoms with Crippen molar-refractivity contribution in [3.05, 3.63) is 0 Å². The molecule has 0 aromatic heterocycles. The van der Waals surface area contributed by atoms with Crippen LogP contribution in [0, 0.1) is 10.8 Å². The van der Waals surface area contributed by atoms with E-state index in [1.54, 1.807) is 0 Å². The molecule has 1 N–H and O–H groups in total. The fourth-order valence-corrected chi connectivity index (χ4v) is 2.88. The third-order valence-corrected chi connectivity index (χ3v) is 4.39. The quantitative estimate of drug-likeness (QED) is 0.804. The van der Waals surface area contributed by atoms with Gasteiger partial charge in [-0.15, -0.1) is 0 Å². The van der Waals surface area contributed by atoms with Gasteiger partial charge in [0, 0.05) is 19.1 Å². The zero-order chi connectivity index (χ0) is 13.3. The minimum atomic E-state index is -0.685. The van der Waals surface area contributed by atoms with E-state index in [1.807, 2.05) is 0 Å². The van der Waals surface area contributed by atoms with Gasteiger partial charge in [-0.2, -0.15) is 0 Å². The first-order chi connectivity index (χ1) is 7.74. The first-order valence-corrected chi connectivity index (χ1v) is 6.70. The van der Waals surface area contributed by atoms with Gasteiger partial charge in [0.25, 0.3) is 0 Å². The lowest BCUT2D eigenvalue weighted by Crippen LogP contribution is -2.62. The molecule has 0 aromatic rings. The van der Waals surface area contributed by atoms with Crippen LogP contribution >= 0.6 is 0 Å². The molecule has 1 unspecified atom stereocenters. The summed E-state index contributed by atoms with van der Waals surface area (Å²) in [6.45, 7) is 13.0. The van der Waals surface area contributed by atoms with Gasteiger partial charge in [-0.25, -0.2) is 0 Å². The van der Waals surface area contributed by atoms with Gasteiger partial charge in [0.05, 0.1) is 6.42 Å². The monoisotopic (exact) mass is 241 g/mol. The number of rotatable bonds is 5. The van der Waals surface area contributed by atoms with Gasteiger partial charge in [-0.3, -0.25) is 9.69 Å². The molecule has 100 valence electrons. The molecule has 3 nitrogen and oxygen atoms in total. The van der Waals surface area contributed by atoms with Crippen LogP contribution in [0.4, 0.5) is 0 Å². The van der Waals surface area contributed by atoms with E-state index >= 15 is 0 Å². The summed E-state index contributed by atoms with van der Waals surface area (Å²) in [6, 6.07) is 0.159. The van der Waals surface area contributed by atoms with Gasteiger partial charge in [0.1, 0.15) is 0 Å². The molecule has 3 heteroatoms. The molecule has 1 aliphatic rings. The van der Waals surface area contributed by atoms with Crippen molar-refractivity contribution in [2.45, 2.75) is 59.9 Å². The molecule has 1 rings (SSSR count). The lowest BCUT2D eigenvalue weighted by atomic mass is 9.71. The standard InChI is InChI=1S/C14H27NO2/c1-6-14(7-2)9-15(10-14)11(8-12(16)17)13(3,4)5/h11H,6-10H2,1-5H3,(H,16,17). The van der Waals surface area contributed by atoms with Gasteiger partial charge in [-0.1, -0.05) is 34.6 Å².